The highest BCUT2D eigenvalue weighted by Crippen LogP contribution is 1.68. The molecule has 0 atom stereocenters. The normalized spacial score (nSPS) is 8.12. The van der Waals surface area contributed by atoms with Gasteiger partial charge in [-0.2, -0.15) is 0 Å². The third-order valence-corrected chi connectivity index (χ3v) is 0.532. The molecule has 0 spiro atoms. The molecule has 0 aliphatic rings. The molecule has 0 rings (SSSR count). The van der Waals surface area contributed by atoms with E-state index in [9.17, 15) is 14.0 Å². The summed E-state index contributed by atoms with van der Waals surface area (Å²) >= 11 is 0. The number of hydrogen-bond acceptors (Lipinski definition) is 2. The molecule has 0 fully saturated rings. The first-order valence-electron chi connectivity index (χ1n) is 2.06. The van der Waals surface area contributed by atoms with Gasteiger partial charge < -0.3 is 5.32 Å². The molecule has 46 valence electrons. The van der Waals surface area contributed by atoms with Crippen LogP contribution in [0.5, 0.6) is 0 Å². The summed E-state index contributed by atoms with van der Waals surface area (Å²) in [4.78, 5) is 19.4. The summed E-state index contributed by atoms with van der Waals surface area (Å²) in [5, 5.41) is 2.03. The van der Waals surface area contributed by atoms with Crippen LogP contribution in [0.1, 0.15) is 0 Å². The molecule has 4 heteroatoms. The Morgan fingerprint density at radius 1 is 1.75 bits per heavy atom. The molecule has 0 aliphatic carbocycles. The Kier molecular flexibility index (Phi) is 3.74. The fraction of sp³-hybridized carbons (Fsp3) is 0.500. The molecule has 0 aromatic carbocycles. The number of carbonyl (C=O) groups is 2. The topological polar surface area (TPSA) is 46.2 Å². The highest BCUT2D eigenvalue weighted by Gasteiger charge is 1.95. The molecule has 0 radical (unpaired) electrons. The van der Waals surface area contributed by atoms with Crippen LogP contribution < -0.4 is 5.32 Å². The second kappa shape index (κ2) is 4.23. The molecular formula is C4H6FNO2. The quantitative estimate of drug-likeness (QED) is 0.496. The van der Waals surface area contributed by atoms with Gasteiger partial charge in [0, 0.05) is 0 Å². The van der Waals surface area contributed by atoms with Gasteiger partial charge in [-0.25, -0.2) is 4.39 Å². The van der Waals surface area contributed by atoms with Crippen LogP contribution in [0, 0.1) is 0 Å². The number of rotatable bonds is 4. The van der Waals surface area contributed by atoms with E-state index in [1.165, 1.54) is 0 Å². The van der Waals surface area contributed by atoms with Crippen molar-refractivity contribution in [3.63, 3.8) is 0 Å². The predicted octanol–water partition coefficient (Wildman–Crippen LogP) is -0.729. The van der Waals surface area contributed by atoms with Gasteiger partial charge in [0.05, 0.1) is 6.54 Å². The number of Topliss-reactive ketones (excluding diaryl/α,β-unsaturated/α-hetero) is 1. The van der Waals surface area contributed by atoms with Gasteiger partial charge in [0.25, 0.3) is 0 Å². The van der Waals surface area contributed by atoms with Gasteiger partial charge in [-0.3, -0.25) is 9.59 Å². The lowest BCUT2D eigenvalue weighted by molar-refractivity contribution is -0.121. The van der Waals surface area contributed by atoms with Crippen molar-refractivity contribution in [1.29, 1.82) is 0 Å². The molecule has 0 saturated carbocycles. The molecule has 0 bridgehead atoms. The van der Waals surface area contributed by atoms with E-state index in [0.29, 0.717) is 6.41 Å². The molecular weight excluding hydrogens is 113 g/mol. The van der Waals surface area contributed by atoms with E-state index in [4.69, 9.17) is 0 Å². The zero-order valence-electron chi connectivity index (χ0n) is 4.19. The Morgan fingerprint density at radius 2 is 2.38 bits per heavy atom. The smallest absolute Gasteiger partial charge is 0.207 e. The number of ketones is 1. The standard InChI is InChI=1S/C4H6FNO2/c5-1-4(8)2-6-3-7/h3H,1-2H2,(H,6,7). The second-order valence-electron chi connectivity index (χ2n) is 1.17. The summed E-state index contributed by atoms with van der Waals surface area (Å²) in [6.07, 6.45) is 0.355. The lowest BCUT2D eigenvalue weighted by Crippen LogP contribution is -2.22. The first kappa shape index (κ1) is 7.07. The van der Waals surface area contributed by atoms with Crippen molar-refractivity contribution in [2.45, 2.75) is 0 Å². The highest BCUT2D eigenvalue weighted by molar-refractivity contribution is 5.82. The Labute approximate surface area is 45.9 Å². The van der Waals surface area contributed by atoms with Crippen molar-refractivity contribution < 1.29 is 14.0 Å². The minimum absolute atomic E-state index is 0.208. The van der Waals surface area contributed by atoms with Crippen LogP contribution in [-0.4, -0.2) is 25.4 Å². The van der Waals surface area contributed by atoms with Crippen molar-refractivity contribution in [1.82, 2.24) is 5.32 Å². The Morgan fingerprint density at radius 3 is 2.75 bits per heavy atom. The molecule has 0 saturated heterocycles. The molecule has 1 amide bonds. The summed E-state index contributed by atoms with van der Waals surface area (Å²) in [7, 11) is 0. The number of amides is 1. The minimum Gasteiger partial charge on any atom is -0.351 e. The van der Waals surface area contributed by atoms with Crippen LogP contribution in [-0.2, 0) is 9.59 Å². The maximum absolute atomic E-state index is 11.2. The van der Waals surface area contributed by atoms with Crippen LogP contribution in [0.25, 0.3) is 0 Å². The predicted molar refractivity (Wildman–Crippen MR) is 25.0 cm³/mol. The van der Waals surface area contributed by atoms with E-state index < -0.39 is 12.5 Å². The maximum Gasteiger partial charge on any atom is 0.207 e. The molecule has 0 aromatic heterocycles. The lowest BCUT2D eigenvalue weighted by Gasteiger charge is -1.89. The van der Waals surface area contributed by atoms with E-state index in [1.807, 2.05) is 5.32 Å². The van der Waals surface area contributed by atoms with Crippen LogP contribution >= 0.6 is 0 Å². The van der Waals surface area contributed by atoms with E-state index >= 15 is 0 Å². The highest BCUT2D eigenvalue weighted by atomic mass is 19.1. The average molecular weight is 119 g/mol. The number of alkyl halides is 1. The van der Waals surface area contributed by atoms with Gasteiger partial charge >= 0.3 is 0 Å². The fourth-order valence-corrected chi connectivity index (χ4v) is 0.203. The molecule has 3 nitrogen and oxygen atoms in total. The first-order chi connectivity index (χ1) is 3.81. The van der Waals surface area contributed by atoms with Crippen molar-refractivity contribution in [2.24, 2.45) is 0 Å². The third-order valence-electron chi connectivity index (χ3n) is 0.532. The monoisotopic (exact) mass is 119 g/mol. The van der Waals surface area contributed by atoms with Crippen molar-refractivity contribution in [3.05, 3.63) is 0 Å². The Balaban J connectivity index is 3.11. The zero-order chi connectivity index (χ0) is 6.41. The van der Waals surface area contributed by atoms with Crippen LogP contribution in [0.15, 0.2) is 0 Å². The maximum atomic E-state index is 11.2. The Hall–Kier alpha value is -0.930. The van der Waals surface area contributed by atoms with E-state index in [-0.39, 0.29) is 6.54 Å². The van der Waals surface area contributed by atoms with Gasteiger partial charge in [0.2, 0.25) is 6.41 Å². The van der Waals surface area contributed by atoms with E-state index in [2.05, 4.69) is 0 Å². The summed E-state index contributed by atoms with van der Waals surface area (Å²) < 4.78 is 11.2. The first-order valence-corrected chi connectivity index (χ1v) is 2.06. The zero-order valence-corrected chi connectivity index (χ0v) is 4.19. The third kappa shape index (κ3) is 3.27. The van der Waals surface area contributed by atoms with Crippen molar-refractivity contribution in [2.75, 3.05) is 13.2 Å². The summed E-state index contributed by atoms with van der Waals surface area (Å²) in [5.41, 5.74) is 0. The summed E-state index contributed by atoms with van der Waals surface area (Å²) in [5.74, 6) is -0.614. The molecule has 0 aromatic rings. The van der Waals surface area contributed by atoms with Crippen LogP contribution in [0.2, 0.25) is 0 Å². The van der Waals surface area contributed by atoms with Gasteiger partial charge in [0.15, 0.2) is 5.78 Å². The Bertz CT molecular complexity index is 94.0. The summed E-state index contributed by atoms with van der Waals surface area (Å²) in [6.45, 7) is -1.22. The minimum atomic E-state index is -1.01. The van der Waals surface area contributed by atoms with Gasteiger partial charge in [-0.15, -0.1) is 0 Å². The number of halogens is 1. The number of hydrogen-bond donors (Lipinski definition) is 1. The van der Waals surface area contributed by atoms with E-state index in [1.54, 1.807) is 0 Å². The SMILES string of the molecule is O=CNCC(=O)CF. The van der Waals surface area contributed by atoms with Crippen molar-refractivity contribution >= 4 is 12.2 Å². The van der Waals surface area contributed by atoms with Gasteiger partial charge in [-0.1, -0.05) is 0 Å². The molecule has 0 aliphatic heterocycles. The van der Waals surface area contributed by atoms with Crippen molar-refractivity contribution in [3.8, 4) is 0 Å². The lowest BCUT2D eigenvalue weighted by atomic mass is 10.4. The molecule has 0 unspecified atom stereocenters. The number of carbonyl (C=O) groups excluding carboxylic acids is 2. The van der Waals surface area contributed by atoms with E-state index in [0.717, 1.165) is 0 Å². The molecule has 1 N–H and O–H groups in total. The fourth-order valence-electron chi connectivity index (χ4n) is 0.203. The van der Waals surface area contributed by atoms with Crippen LogP contribution in [0.4, 0.5) is 4.39 Å². The van der Waals surface area contributed by atoms with Gasteiger partial charge in [0.1, 0.15) is 6.67 Å². The largest absolute Gasteiger partial charge is 0.351 e. The molecule has 8 heavy (non-hydrogen) atoms. The second-order valence-corrected chi connectivity index (χ2v) is 1.17. The number of nitrogens with one attached hydrogen (secondary N) is 1. The summed E-state index contributed by atoms with van der Waals surface area (Å²) in [6, 6.07) is 0. The molecule has 0 heterocycles. The average Bonchev–Trinajstić information content (AvgIpc) is 1.83. The van der Waals surface area contributed by atoms with Crippen LogP contribution in [0.3, 0.4) is 0 Å². The van der Waals surface area contributed by atoms with Gasteiger partial charge in [-0.05, 0) is 0 Å².